The summed E-state index contributed by atoms with van der Waals surface area (Å²) in [6.45, 7) is 7.94. The minimum absolute atomic E-state index is 0.0106. The van der Waals surface area contributed by atoms with Crippen LogP contribution in [0.1, 0.15) is 38.7 Å². The number of piperidine rings is 1. The summed E-state index contributed by atoms with van der Waals surface area (Å²) in [6, 6.07) is 3.42. The topological polar surface area (TPSA) is 113 Å². The van der Waals surface area contributed by atoms with Gasteiger partial charge in [0.15, 0.2) is 0 Å². The number of amides is 2. The number of nitrogens with one attached hydrogen (secondary N) is 2. The summed E-state index contributed by atoms with van der Waals surface area (Å²) in [5.41, 5.74) is 0.667. The van der Waals surface area contributed by atoms with Gasteiger partial charge in [-0.15, -0.1) is 0 Å². The van der Waals surface area contributed by atoms with Gasteiger partial charge >= 0.3 is 0 Å². The van der Waals surface area contributed by atoms with E-state index >= 15 is 0 Å². The van der Waals surface area contributed by atoms with Crippen molar-refractivity contribution in [3.8, 4) is 5.75 Å². The number of pyridine rings is 1. The van der Waals surface area contributed by atoms with Gasteiger partial charge in [-0.05, 0) is 37.1 Å². The number of carbonyl (C=O) groups excluding carboxylic acids is 2. The van der Waals surface area contributed by atoms with E-state index < -0.39 is 5.41 Å². The zero-order valence-electron chi connectivity index (χ0n) is 19.3. The van der Waals surface area contributed by atoms with Crippen molar-refractivity contribution in [3.05, 3.63) is 60.8 Å². The van der Waals surface area contributed by atoms with Crippen molar-refractivity contribution in [1.29, 1.82) is 5.41 Å². The molecule has 2 aromatic rings. The van der Waals surface area contributed by atoms with Crippen LogP contribution >= 0.6 is 0 Å². The highest BCUT2D eigenvalue weighted by Crippen LogP contribution is 2.30. The standard InChI is InChI=1S/C24H30N6O3/c1-5-18(7-9-20(25)17-13-28-29(4)16-17)33-19-8-10-21(26-14-19)27-15-22(31)30-12-6-11-24(2,3)23(30)32/h5,7-8,10,13-14,16,25H,1,6,9,11-12,15H2,2-4H3,(H,26,27)/b18-7+,25-20?. The lowest BCUT2D eigenvalue weighted by Gasteiger charge is -2.35. The van der Waals surface area contributed by atoms with E-state index in [0.717, 1.165) is 18.4 Å². The van der Waals surface area contributed by atoms with Gasteiger partial charge in [-0.25, -0.2) is 4.98 Å². The molecule has 3 rings (SSSR count). The minimum Gasteiger partial charge on any atom is -0.456 e. The van der Waals surface area contributed by atoms with Crippen molar-refractivity contribution < 1.29 is 14.3 Å². The van der Waals surface area contributed by atoms with E-state index in [1.165, 1.54) is 11.1 Å². The van der Waals surface area contributed by atoms with Gasteiger partial charge in [0.1, 0.15) is 17.3 Å². The fourth-order valence-corrected chi connectivity index (χ4v) is 3.50. The number of nitrogens with zero attached hydrogens (tertiary/aromatic N) is 4. The van der Waals surface area contributed by atoms with Gasteiger partial charge in [-0.1, -0.05) is 20.4 Å². The average molecular weight is 451 g/mol. The quantitative estimate of drug-likeness (QED) is 0.344. The number of imide groups is 1. The van der Waals surface area contributed by atoms with Crippen LogP contribution in [-0.4, -0.2) is 50.3 Å². The number of ether oxygens (including phenoxy) is 1. The predicted octanol–water partition coefficient (Wildman–Crippen LogP) is 3.31. The minimum atomic E-state index is -0.502. The number of hydrogen-bond acceptors (Lipinski definition) is 7. The van der Waals surface area contributed by atoms with E-state index in [1.807, 2.05) is 13.8 Å². The van der Waals surface area contributed by atoms with Crippen LogP contribution in [0.25, 0.3) is 0 Å². The van der Waals surface area contributed by atoms with Crippen molar-refractivity contribution in [2.75, 3.05) is 18.4 Å². The van der Waals surface area contributed by atoms with E-state index in [2.05, 4.69) is 22.0 Å². The van der Waals surface area contributed by atoms with Crippen LogP contribution in [0.3, 0.4) is 0 Å². The first-order chi connectivity index (χ1) is 15.7. The number of likely N-dealkylation sites (tertiary alicyclic amines) is 1. The van der Waals surface area contributed by atoms with Gasteiger partial charge < -0.3 is 15.5 Å². The van der Waals surface area contributed by atoms with Crippen LogP contribution in [0.4, 0.5) is 5.82 Å². The molecule has 174 valence electrons. The number of aromatic nitrogens is 3. The lowest BCUT2D eigenvalue weighted by Crippen LogP contribution is -2.50. The van der Waals surface area contributed by atoms with Gasteiger partial charge in [0.25, 0.3) is 0 Å². The highest BCUT2D eigenvalue weighted by molar-refractivity contribution is 6.00. The number of hydrogen-bond donors (Lipinski definition) is 2. The second-order valence-electron chi connectivity index (χ2n) is 8.57. The fraction of sp³-hybridized carbons (Fsp3) is 0.375. The molecule has 0 bridgehead atoms. The highest BCUT2D eigenvalue weighted by Gasteiger charge is 2.38. The molecule has 0 saturated carbocycles. The molecule has 2 amide bonds. The maximum absolute atomic E-state index is 12.5. The molecule has 1 aliphatic rings. The first-order valence-corrected chi connectivity index (χ1v) is 10.8. The van der Waals surface area contributed by atoms with Crippen molar-refractivity contribution >= 4 is 23.3 Å². The first-order valence-electron chi connectivity index (χ1n) is 10.8. The lowest BCUT2D eigenvalue weighted by atomic mass is 9.83. The summed E-state index contributed by atoms with van der Waals surface area (Å²) in [4.78, 5) is 30.6. The van der Waals surface area contributed by atoms with Crippen LogP contribution in [-0.2, 0) is 16.6 Å². The third-order valence-corrected chi connectivity index (χ3v) is 5.46. The largest absolute Gasteiger partial charge is 0.456 e. The lowest BCUT2D eigenvalue weighted by molar-refractivity contribution is -0.153. The third-order valence-electron chi connectivity index (χ3n) is 5.46. The van der Waals surface area contributed by atoms with E-state index in [9.17, 15) is 9.59 Å². The molecule has 1 aliphatic heterocycles. The van der Waals surface area contributed by atoms with Crippen molar-refractivity contribution in [2.24, 2.45) is 12.5 Å². The molecule has 0 aromatic carbocycles. The molecule has 0 unspecified atom stereocenters. The maximum Gasteiger partial charge on any atom is 0.248 e. The molecule has 2 N–H and O–H groups in total. The van der Waals surface area contributed by atoms with Crippen LogP contribution in [0.5, 0.6) is 5.75 Å². The summed E-state index contributed by atoms with van der Waals surface area (Å²) in [7, 11) is 1.81. The number of allylic oxidation sites excluding steroid dienone is 2. The van der Waals surface area contributed by atoms with Gasteiger partial charge in [-0.3, -0.25) is 19.2 Å². The predicted molar refractivity (Wildman–Crippen MR) is 126 cm³/mol. The zero-order chi connectivity index (χ0) is 24.0. The van der Waals surface area contributed by atoms with Crippen molar-refractivity contribution in [3.63, 3.8) is 0 Å². The molecule has 1 fully saturated rings. The molecule has 0 spiro atoms. The van der Waals surface area contributed by atoms with Gasteiger partial charge in [0.2, 0.25) is 11.8 Å². The highest BCUT2D eigenvalue weighted by atomic mass is 16.5. The number of rotatable bonds is 9. The summed E-state index contributed by atoms with van der Waals surface area (Å²) in [5.74, 6) is 1.12. The molecular formula is C24H30N6O3. The molecule has 0 atom stereocenters. The molecule has 0 radical (unpaired) electrons. The summed E-state index contributed by atoms with van der Waals surface area (Å²) in [6.07, 6.45) is 10.3. The second kappa shape index (κ2) is 10.2. The Balaban J connectivity index is 1.52. The number of carbonyl (C=O) groups is 2. The first kappa shape index (κ1) is 23.9. The van der Waals surface area contributed by atoms with Crippen LogP contribution in [0.15, 0.2) is 55.2 Å². The second-order valence-corrected chi connectivity index (χ2v) is 8.57. The molecule has 1 saturated heterocycles. The SMILES string of the molecule is C=C/C(=C\CC(=N)c1cnn(C)c1)Oc1ccc(NCC(=O)N2CCCC(C)(C)C2=O)nc1. The number of aryl methyl sites for hydroxylation is 1. The van der Waals surface area contributed by atoms with Crippen LogP contribution < -0.4 is 10.1 Å². The Morgan fingerprint density at radius 2 is 2.15 bits per heavy atom. The van der Waals surface area contributed by atoms with E-state index in [0.29, 0.717) is 36.0 Å². The van der Waals surface area contributed by atoms with E-state index in [4.69, 9.17) is 10.1 Å². The molecule has 0 aliphatic carbocycles. The molecule has 33 heavy (non-hydrogen) atoms. The Morgan fingerprint density at radius 1 is 1.36 bits per heavy atom. The van der Waals surface area contributed by atoms with Crippen molar-refractivity contribution in [2.45, 2.75) is 33.1 Å². The molecule has 9 nitrogen and oxygen atoms in total. The number of anilines is 1. The normalized spacial score (nSPS) is 15.8. The van der Waals surface area contributed by atoms with Crippen LogP contribution in [0, 0.1) is 10.8 Å². The van der Waals surface area contributed by atoms with Crippen molar-refractivity contribution in [1.82, 2.24) is 19.7 Å². The zero-order valence-corrected chi connectivity index (χ0v) is 19.3. The Bertz CT molecular complexity index is 1070. The Labute approximate surface area is 193 Å². The molecule has 3 heterocycles. The Kier molecular flexibility index (Phi) is 7.42. The molecule has 9 heteroatoms. The Morgan fingerprint density at radius 3 is 2.79 bits per heavy atom. The maximum atomic E-state index is 12.5. The smallest absolute Gasteiger partial charge is 0.248 e. The summed E-state index contributed by atoms with van der Waals surface area (Å²) < 4.78 is 7.43. The third kappa shape index (κ3) is 6.15. The van der Waals surface area contributed by atoms with Gasteiger partial charge in [0.05, 0.1) is 18.9 Å². The average Bonchev–Trinajstić information content (AvgIpc) is 3.23. The molecular weight excluding hydrogens is 420 g/mol. The Hall–Kier alpha value is -3.75. The summed E-state index contributed by atoms with van der Waals surface area (Å²) in [5, 5.41) is 15.2. The van der Waals surface area contributed by atoms with E-state index in [1.54, 1.807) is 48.4 Å². The van der Waals surface area contributed by atoms with Crippen LogP contribution in [0.2, 0.25) is 0 Å². The fourth-order valence-electron chi connectivity index (χ4n) is 3.50. The van der Waals surface area contributed by atoms with Gasteiger partial charge in [0, 0.05) is 42.9 Å². The van der Waals surface area contributed by atoms with Gasteiger partial charge in [-0.2, -0.15) is 5.10 Å². The monoisotopic (exact) mass is 450 g/mol. The van der Waals surface area contributed by atoms with E-state index in [-0.39, 0.29) is 18.4 Å². The molecule has 2 aromatic heterocycles. The summed E-state index contributed by atoms with van der Waals surface area (Å²) >= 11 is 0.